The van der Waals surface area contributed by atoms with Crippen LogP contribution in [-0.2, 0) is 11.3 Å². The first-order valence-corrected chi connectivity index (χ1v) is 9.82. The lowest BCUT2D eigenvalue weighted by Crippen LogP contribution is -2.26. The Kier molecular flexibility index (Phi) is 4.87. The molecule has 0 spiro atoms. The third kappa shape index (κ3) is 3.56. The fourth-order valence-corrected chi connectivity index (χ4v) is 3.97. The Bertz CT molecular complexity index is 980. The van der Waals surface area contributed by atoms with Gasteiger partial charge in [-0.2, -0.15) is 5.10 Å². The maximum atomic E-state index is 12.5. The van der Waals surface area contributed by atoms with Gasteiger partial charge in [0.25, 0.3) is 0 Å². The highest BCUT2D eigenvalue weighted by Gasteiger charge is 2.30. The summed E-state index contributed by atoms with van der Waals surface area (Å²) in [5.74, 6) is 0.654. The lowest BCUT2D eigenvalue weighted by atomic mass is 10.0. The molecule has 3 aromatic rings. The third-order valence-corrected chi connectivity index (χ3v) is 5.40. The number of halogens is 1. The van der Waals surface area contributed by atoms with Crippen LogP contribution in [0.15, 0.2) is 36.4 Å². The number of aryl methyl sites for hydroxylation is 1. The highest BCUT2D eigenvalue weighted by atomic mass is 35.5. The van der Waals surface area contributed by atoms with E-state index in [4.69, 9.17) is 16.6 Å². The molecule has 1 aliphatic heterocycles. The molecule has 4 rings (SSSR count). The van der Waals surface area contributed by atoms with Gasteiger partial charge in [-0.25, -0.2) is 9.50 Å². The summed E-state index contributed by atoms with van der Waals surface area (Å²) in [6, 6.07) is 11.9. The molecule has 1 aromatic carbocycles. The smallest absolute Gasteiger partial charge is 0.223 e. The van der Waals surface area contributed by atoms with Crippen molar-refractivity contribution in [3.05, 3.63) is 52.8 Å². The molecule has 0 N–H and O–H groups in total. The number of amides is 1. The Morgan fingerprint density at radius 3 is 2.70 bits per heavy atom. The Morgan fingerprint density at radius 1 is 1.19 bits per heavy atom. The zero-order chi connectivity index (χ0) is 19.0. The largest absolute Gasteiger partial charge is 0.336 e. The summed E-state index contributed by atoms with van der Waals surface area (Å²) >= 11 is 6.14. The second-order valence-electron chi connectivity index (χ2n) is 7.33. The summed E-state index contributed by atoms with van der Waals surface area (Å²) in [5.41, 5.74) is 4.72. The highest BCUT2D eigenvalue weighted by Crippen LogP contribution is 2.29. The fraction of sp³-hybridized carbons (Fsp3) is 0.381. The molecular formula is C21H23ClN4O. The van der Waals surface area contributed by atoms with Crippen molar-refractivity contribution in [1.82, 2.24) is 19.5 Å². The van der Waals surface area contributed by atoms with Crippen molar-refractivity contribution in [3.8, 4) is 11.3 Å². The predicted molar refractivity (Wildman–Crippen MR) is 107 cm³/mol. The van der Waals surface area contributed by atoms with Gasteiger partial charge >= 0.3 is 0 Å². The van der Waals surface area contributed by atoms with Crippen molar-refractivity contribution >= 4 is 23.2 Å². The van der Waals surface area contributed by atoms with E-state index < -0.39 is 0 Å². The number of hydrogen-bond donors (Lipinski definition) is 0. The Hall–Kier alpha value is -2.40. The lowest BCUT2D eigenvalue weighted by Gasteiger charge is -2.17. The summed E-state index contributed by atoms with van der Waals surface area (Å²) in [6.07, 6.45) is 2.83. The lowest BCUT2D eigenvalue weighted by molar-refractivity contribution is -0.128. The number of likely N-dealkylation sites (tertiary alicyclic amines) is 1. The maximum Gasteiger partial charge on any atom is 0.223 e. The van der Waals surface area contributed by atoms with Gasteiger partial charge in [0.15, 0.2) is 5.65 Å². The highest BCUT2D eigenvalue weighted by molar-refractivity contribution is 6.29. The molecule has 0 aliphatic carbocycles. The number of aromatic nitrogens is 3. The first-order valence-electron chi connectivity index (χ1n) is 9.44. The average molecular weight is 383 g/mol. The van der Waals surface area contributed by atoms with E-state index in [2.05, 4.69) is 43.2 Å². The summed E-state index contributed by atoms with van der Waals surface area (Å²) in [4.78, 5) is 19.2. The zero-order valence-corrected chi connectivity index (χ0v) is 16.4. The van der Waals surface area contributed by atoms with Crippen molar-refractivity contribution < 1.29 is 4.79 Å². The molecule has 1 aliphatic rings. The quantitative estimate of drug-likeness (QED) is 0.652. The van der Waals surface area contributed by atoms with E-state index in [0.29, 0.717) is 24.0 Å². The molecular weight excluding hydrogens is 360 g/mol. The topological polar surface area (TPSA) is 50.5 Å². The number of hydrogen-bond acceptors (Lipinski definition) is 3. The van der Waals surface area contributed by atoms with Gasteiger partial charge in [-0.1, -0.05) is 54.8 Å². The third-order valence-electron chi connectivity index (χ3n) is 5.19. The van der Waals surface area contributed by atoms with Gasteiger partial charge in [-0.3, -0.25) is 4.79 Å². The minimum absolute atomic E-state index is 0.209. The van der Waals surface area contributed by atoms with Crippen LogP contribution in [0.5, 0.6) is 0 Å². The SMILES string of the molecule is CCCC1CC(=O)N(Cc2c(-c3ccc(C)cc3)nc3ccc(Cl)nn23)C1. The number of nitrogens with zero attached hydrogens (tertiary/aromatic N) is 4. The number of fused-ring (bicyclic) bond motifs is 1. The van der Waals surface area contributed by atoms with Crippen molar-refractivity contribution in [2.75, 3.05) is 6.54 Å². The molecule has 6 heteroatoms. The first-order chi connectivity index (χ1) is 13.0. The Labute approximate surface area is 164 Å². The van der Waals surface area contributed by atoms with Gasteiger partial charge in [0.2, 0.25) is 5.91 Å². The van der Waals surface area contributed by atoms with Crippen LogP contribution in [0.1, 0.15) is 37.4 Å². The Morgan fingerprint density at radius 2 is 1.96 bits per heavy atom. The molecule has 1 unspecified atom stereocenters. The van der Waals surface area contributed by atoms with Crippen molar-refractivity contribution in [2.24, 2.45) is 5.92 Å². The van der Waals surface area contributed by atoms with Gasteiger partial charge in [0.1, 0.15) is 5.15 Å². The molecule has 2 aromatic heterocycles. The van der Waals surface area contributed by atoms with Crippen LogP contribution in [0.2, 0.25) is 5.15 Å². The van der Waals surface area contributed by atoms with Crippen LogP contribution in [-0.4, -0.2) is 31.9 Å². The molecule has 27 heavy (non-hydrogen) atoms. The van der Waals surface area contributed by atoms with Crippen LogP contribution in [0.3, 0.4) is 0 Å². The van der Waals surface area contributed by atoms with Crippen molar-refractivity contribution in [3.63, 3.8) is 0 Å². The van der Waals surface area contributed by atoms with E-state index in [1.165, 1.54) is 5.56 Å². The van der Waals surface area contributed by atoms with E-state index in [9.17, 15) is 4.79 Å². The normalized spacial score (nSPS) is 17.2. The van der Waals surface area contributed by atoms with Crippen LogP contribution in [0.25, 0.3) is 16.9 Å². The summed E-state index contributed by atoms with van der Waals surface area (Å²) in [7, 11) is 0. The molecule has 1 atom stereocenters. The fourth-order valence-electron chi connectivity index (χ4n) is 3.83. The molecule has 3 heterocycles. The first kappa shape index (κ1) is 18.0. The summed E-state index contributed by atoms with van der Waals surface area (Å²) in [5, 5.41) is 4.85. The van der Waals surface area contributed by atoms with Crippen LogP contribution < -0.4 is 0 Å². The molecule has 0 bridgehead atoms. The number of rotatable bonds is 5. The van der Waals surface area contributed by atoms with Gasteiger partial charge in [0, 0.05) is 18.5 Å². The van der Waals surface area contributed by atoms with Crippen LogP contribution in [0, 0.1) is 12.8 Å². The monoisotopic (exact) mass is 382 g/mol. The van der Waals surface area contributed by atoms with Crippen LogP contribution >= 0.6 is 11.6 Å². The standard InChI is InChI=1S/C21H23ClN4O/c1-3-4-15-11-20(27)25(12-15)13-17-21(16-7-5-14(2)6-8-16)23-19-10-9-18(22)24-26(17)19/h5-10,15H,3-4,11-13H2,1-2H3. The molecule has 140 valence electrons. The average Bonchev–Trinajstić information content (AvgIpc) is 3.17. The molecule has 1 amide bonds. The van der Waals surface area contributed by atoms with Crippen LogP contribution in [0.4, 0.5) is 0 Å². The van der Waals surface area contributed by atoms with E-state index in [1.807, 2.05) is 11.0 Å². The molecule has 1 saturated heterocycles. The minimum Gasteiger partial charge on any atom is -0.336 e. The Balaban J connectivity index is 1.75. The number of benzene rings is 1. The van der Waals surface area contributed by atoms with Crippen molar-refractivity contribution in [2.45, 2.75) is 39.7 Å². The minimum atomic E-state index is 0.209. The number of carbonyl (C=O) groups is 1. The van der Waals surface area contributed by atoms with E-state index in [-0.39, 0.29) is 5.91 Å². The second kappa shape index (κ2) is 7.31. The molecule has 5 nitrogen and oxygen atoms in total. The van der Waals surface area contributed by atoms with Gasteiger partial charge < -0.3 is 4.90 Å². The molecule has 0 saturated carbocycles. The van der Waals surface area contributed by atoms with E-state index >= 15 is 0 Å². The van der Waals surface area contributed by atoms with E-state index in [1.54, 1.807) is 10.6 Å². The second-order valence-corrected chi connectivity index (χ2v) is 7.72. The van der Waals surface area contributed by atoms with E-state index in [0.717, 1.165) is 42.0 Å². The maximum absolute atomic E-state index is 12.5. The van der Waals surface area contributed by atoms with Gasteiger partial charge in [0.05, 0.1) is 17.9 Å². The van der Waals surface area contributed by atoms with Gasteiger partial charge in [-0.15, -0.1) is 0 Å². The zero-order valence-electron chi connectivity index (χ0n) is 15.7. The van der Waals surface area contributed by atoms with Gasteiger partial charge in [-0.05, 0) is 31.4 Å². The molecule has 1 fully saturated rings. The predicted octanol–water partition coefficient (Wildman–Crippen LogP) is 4.51. The summed E-state index contributed by atoms with van der Waals surface area (Å²) < 4.78 is 1.78. The van der Waals surface area contributed by atoms with Crippen molar-refractivity contribution in [1.29, 1.82) is 0 Å². The molecule has 0 radical (unpaired) electrons. The summed E-state index contributed by atoms with van der Waals surface area (Å²) in [6.45, 7) is 5.52. The number of carbonyl (C=O) groups excluding carboxylic acids is 1. The number of imidazole rings is 1.